The average molecular weight is 314 g/mol. The topological polar surface area (TPSA) is 95.5 Å². The monoisotopic (exact) mass is 314 g/mol. The van der Waals surface area contributed by atoms with E-state index in [4.69, 9.17) is 15.1 Å². The van der Waals surface area contributed by atoms with E-state index in [2.05, 4.69) is 0 Å². The molecule has 0 aliphatic carbocycles. The molecule has 1 unspecified atom stereocenters. The van der Waals surface area contributed by atoms with Crippen molar-refractivity contribution in [3.63, 3.8) is 0 Å². The molecule has 1 atom stereocenters. The van der Waals surface area contributed by atoms with Gasteiger partial charge >= 0.3 is 0 Å². The number of nitriles is 1. The van der Waals surface area contributed by atoms with Gasteiger partial charge in [0.15, 0.2) is 0 Å². The molecule has 2 aromatic rings. The SMILES string of the molecule is CCOc1ccc(-c2ccc(C#N)c(=O)n2CC(O)CO)cc1. The third kappa shape index (κ3) is 3.77. The molecular formula is C17H18N2O4. The molecule has 2 rings (SSSR count). The summed E-state index contributed by atoms with van der Waals surface area (Å²) in [7, 11) is 0. The zero-order valence-electron chi connectivity index (χ0n) is 12.8. The lowest BCUT2D eigenvalue weighted by atomic mass is 10.1. The Morgan fingerprint density at radius 3 is 2.52 bits per heavy atom. The number of ether oxygens (including phenoxy) is 1. The predicted octanol–water partition coefficient (Wildman–Crippen LogP) is 1.14. The number of aliphatic hydroxyl groups is 2. The molecular weight excluding hydrogens is 296 g/mol. The first-order chi connectivity index (χ1) is 11.1. The normalized spacial score (nSPS) is 11.7. The molecule has 1 aromatic heterocycles. The number of pyridine rings is 1. The summed E-state index contributed by atoms with van der Waals surface area (Å²) in [6.45, 7) is 1.89. The summed E-state index contributed by atoms with van der Waals surface area (Å²) in [6.07, 6.45) is -1.08. The Balaban J connectivity index is 2.50. The molecule has 0 spiro atoms. The molecule has 6 heteroatoms. The van der Waals surface area contributed by atoms with Crippen LogP contribution in [0, 0.1) is 11.3 Å². The van der Waals surface area contributed by atoms with Crippen LogP contribution in [0.3, 0.4) is 0 Å². The molecule has 6 nitrogen and oxygen atoms in total. The van der Waals surface area contributed by atoms with E-state index in [-0.39, 0.29) is 12.1 Å². The first kappa shape index (κ1) is 16.7. The Morgan fingerprint density at radius 2 is 1.96 bits per heavy atom. The Labute approximate surface area is 133 Å². The van der Waals surface area contributed by atoms with Gasteiger partial charge in [-0.05, 0) is 48.9 Å². The number of aromatic nitrogens is 1. The highest BCUT2D eigenvalue weighted by atomic mass is 16.5. The molecule has 0 amide bonds. The van der Waals surface area contributed by atoms with E-state index in [0.717, 1.165) is 5.56 Å². The number of aliphatic hydroxyl groups excluding tert-OH is 2. The van der Waals surface area contributed by atoms with E-state index in [1.807, 2.05) is 13.0 Å². The number of benzene rings is 1. The third-order valence-electron chi connectivity index (χ3n) is 3.36. The minimum absolute atomic E-state index is 0.00942. The van der Waals surface area contributed by atoms with Crippen molar-refractivity contribution in [3.8, 4) is 23.1 Å². The maximum Gasteiger partial charge on any atom is 0.269 e. The minimum atomic E-state index is -1.08. The molecule has 0 aliphatic heterocycles. The quantitative estimate of drug-likeness (QED) is 0.833. The molecule has 2 N–H and O–H groups in total. The summed E-state index contributed by atoms with van der Waals surface area (Å²) in [5.41, 5.74) is 0.806. The van der Waals surface area contributed by atoms with Crippen molar-refractivity contribution in [2.45, 2.75) is 19.6 Å². The minimum Gasteiger partial charge on any atom is -0.494 e. The molecule has 0 saturated carbocycles. The summed E-state index contributed by atoms with van der Waals surface area (Å²) < 4.78 is 6.69. The molecule has 1 aromatic carbocycles. The smallest absolute Gasteiger partial charge is 0.269 e. The molecule has 0 saturated heterocycles. The molecule has 0 aliphatic rings. The Morgan fingerprint density at radius 1 is 1.26 bits per heavy atom. The number of hydrogen-bond donors (Lipinski definition) is 2. The lowest BCUT2D eigenvalue weighted by Crippen LogP contribution is -2.30. The van der Waals surface area contributed by atoms with Gasteiger partial charge in [0.25, 0.3) is 5.56 Å². The molecule has 1 heterocycles. The van der Waals surface area contributed by atoms with Gasteiger partial charge in [-0.25, -0.2) is 0 Å². The van der Waals surface area contributed by atoms with Crippen molar-refractivity contribution in [2.75, 3.05) is 13.2 Å². The Kier molecular flexibility index (Phi) is 5.52. The number of nitrogens with zero attached hydrogens (tertiary/aromatic N) is 2. The van der Waals surface area contributed by atoms with Crippen LogP contribution in [0.1, 0.15) is 12.5 Å². The van der Waals surface area contributed by atoms with Crippen molar-refractivity contribution in [1.29, 1.82) is 5.26 Å². The summed E-state index contributed by atoms with van der Waals surface area (Å²) in [5.74, 6) is 0.717. The largest absolute Gasteiger partial charge is 0.494 e. The van der Waals surface area contributed by atoms with Crippen LogP contribution in [0.2, 0.25) is 0 Å². The highest BCUT2D eigenvalue weighted by Crippen LogP contribution is 2.22. The third-order valence-corrected chi connectivity index (χ3v) is 3.36. The van der Waals surface area contributed by atoms with Gasteiger partial charge in [-0.3, -0.25) is 4.79 Å². The van der Waals surface area contributed by atoms with Crippen LogP contribution in [-0.2, 0) is 6.54 Å². The summed E-state index contributed by atoms with van der Waals surface area (Å²) in [5, 5.41) is 27.7. The van der Waals surface area contributed by atoms with Crippen LogP contribution in [0.25, 0.3) is 11.3 Å². The lowest BCUT2D eigenvalue weighted by Gasteiger charge is -2.16. The standard InChI is InChI=1S/C17H18N2O4/c1-2-23-15-6-3-12(4-7-15)16-8-5-13(9-18)17(22)19(16)10-14(21)11-20/h3-8,14,20-21H,2,10-11H2,1H3. The first-order valence-corrected chi connectivity index (χ1v) is 7.26. The lowest BCUT2D eigenvalue weighted by molar-refractivity contribution is 0.0807. The number of rotatable bonds is 6. The molecule has 0 bridgehead atoms. The second kappa shape index (κ2) is 7.58. The Bertz CT molecular complexity index is 760. The van der Waals surface area contributed by atoms with Gasteiger partial charge < -0.3 is 19.5 Å². The molecule has 23 heavy (non-hydrogen) atoms. The second-order valence-corrected chi connectivity index (χ2v) is 4.95. The van der Waals surface area contributed by atoms with E-state index in [0.29, 0.717) is 18.1 Å². The van der Waals surface area contributed by atoms with Crippen LogP contribution >= 0.6 is 0 Å². The highest BCUT2D eigenvalue weighted by molar-refractivity contribution is 5.61. The van der Waals surface area contributed by atoms with Gasteiger partial charge in [0, 0.05) is 0 Å². The van der Waals surface area contributed by atoms with Crippen molar-refractivity contribution in [2.24, 2.45) is 0 Å². The summed E-state index contributed by atoms with van der Waals surface area (Å²) >= 11 is 0. The summed E-state index contributed by atoms with van der Waals surface area (Å²) in [4.78, 5) is 12.3. The van der Waals surface area contributed by atoms with Gasteiger partial charge in [0.1, 0.15) is 17.4 Å². The molecule has 120 valence electrons. The zero-order valence-corrected chi connectivity index (χ0v) is 12.8. The van der Waals surface area contributed by atoms with Gasteiger partial charge in [-0.2, -0.15) is 5.26 Å². The van der Waals surface area contributed by atoms with E-state index < -0.39 is 18.3 Å². The van der Waals surface area contributed by atoms with Gasteiger partial charge in [-0.15, -0.1) is 0 Å². The fraction of sp³-hybridized carbons (Fsp3) is 0.294. The van der Waals surface area contributed by atoms with Crippen LogP contribution in [-0.4, -0.2) is 34.1 Å². The molecule has 0 fully saturated rings. The maximum absolute atomic E-state index is 12.3. The highest BCUT2D eigenvalue weighted by Gasteiger charge is 2.13. The van der Waals surface area contributed by atoms with E-state index >= 15 is 0 Å². The van der Waals surface area contributed by atoms with Crippen LogP contribution in [0.4, 0.5) is 0 Å². The van der Waals surface area contributed by atoms with Crippen molar-refractivity contribution in [3.05, 3.63) is 52.3 Å². The van der Waals surface area contributed by atoms with Crippen LogP contribution in [0.15, 0.2) is 41.2 Å². The fourth-order valence-electron chi connectivity index (χ4n) is 2.25. The Hall–Kier alpha value is -2.62. The van der Waals surface area contributed by atoms with E-state index in [1.165, 1.54) is 10.6 Å². The number of hydrogen-bond acceptors (Lipinski definition) is 5. The maximum atomic E-state index is 12.3. The van der Waals surface area contributed by atoms with E-state index in [9.17, 15) is 9.90 Å². The average Bonchev–Trinajstić information content (AvgIpc) is 2.57. The van der Waals surface area contributed by atoms with E-state index in [1.54, 1.807) is 30.3 Å². The summed E-state index contributed by atoms with van der Waals surface area (Å²) in [6, 6.07) is 12.1. The van der Waals surface area contributed by atoms with Crippen molar-refractivity contribution >= 4 is 0 Å². The fourth-order valence-corrected chi connectivity index (χ4v) is 2.25. The first-order valence-electron chi connectivity index (χ1n) is 7.26. The van der Waals surface area contributed by atoms with Gasteiger partial charge in [0.2, 0.25) is 0 Å². The molecule has 0 radical (unpaired) electrons. The van der Waals surface area contributed by atoms with Crippen LogP contribution in [0.5, 0.6) is 5.75 Å². The zero-order chi connectivity index (χ0) is 16.8. The predicted molar refractivity (Wildman–Crippen MR) is 85.1 cm³/mol. The van der Waals surface area contributed by atoms with Crippen molar-refractivity contribution < 1.29 is 14.9 Å². The van der Waals surface area contributed by atoms with Gasteiger partial charge in [0.05, 0.1) is 31.6 Å². The van der Waals surface area contributed by atoms with Crippen molar-refractivity contribution in [1.82, 2.24) is 4.57 Å². The second-order valence-electron chi connectivity index (χ2n) is 4.95. The van der Waals surface area contributed by atoms with Gasteiger partial charge in [-0.1, -0.05) is 0 Å². The van der Waals surface area contributed by atoms with Crippen LogP contribution < -0.4 is 10.3 Å².